The minimum Gasteiger partial charge on any atom is -0.395 e. The number of anilines is 1. The highest BCUT2D eigenvalue weighted by atomic mass is 16.2. The Labute approximate surface area is 126 Å². The van der Waals surface area contributed by atoms with Gasteiger partial charge in [-0.05, 0) is 27.2 Å². The number of nitrogens with zero attached hydrogens (tertiary/aromatic N) is 4. The number of aryl methyl sites for hydroxylation is 2. The standard InChI is InChI=1S/C15H27N5O/c1-6-11-12(16)13(18(5)17-11)14(21)19-7-9-20(10-8-19)15(2,3)4/h6-10,16H2,1-5H3. The molecule has 2 N–H and O–H groups in total. The van der Waals surface area contributed by atoms with Gasteiger partial charge in [-0.25, -0.2) is 0 Å². The number of nitrogen functional groups attached to an aromatic ring is 1. The predicted octanol–water partition coefficient (Wildman–Crippen LogP) is 1.12. The highest BCUT2D eigenvalue weighted by Gasteiger charge is 2.30. The van der Waals surface area contributed by atoms with Crippen LogP contribution >= 0.6 is 0 Å². The van der Waals surface area contributed by atoms with E-state index in [2.05, 4.69) is 30.8 Å². The van der Waals surface area contributed by atoms with Gasteiger partial charge in [-0.1, -0.05) is 6.92 Å². The summed E-state index contributed by atoms with van der Waals surface area (Å²) in [4.78, 5) is 17.0. The van der Waals surface area contributed by atoms with Crippen molar-refractivity contribution in [2.45, 2.75) is 39.7 Å². The minimum absolute atomic E-state index is 0.00393. The zero-order chi connectivity index (χ0) is 15.8. The van der Waals surface area contributed by atoms with Gasteiger partial charge in [-0.15, -0.1) is 0 Å². The van der Waals surface area contributed by atoms with Gasteiger partial charge in [0.05, 0.1) is 11.4 Å². The topological polar surface area (TPSA) is 67.4 Å². The summed E-state index contributed by atoms with van der Waals surface area (Å²) in [5.41, 5.74) is 8.08. The Morgan fingerprint density at radius 2 is 1.81 bits per heavy atom. The largest absolute Gasteiger partial charge is 0.395 e. The molecule has 0 aromatic carbocycles. The summed E-state index contributed by atoms with van der Waals surface area (Å²) < 4.78 is 1.62. The third-order valence-electron chi connectivity index (χ3n) is 4.21. The SMILES string of the molecule is CCc1nn(C)c(C(=O)N2CCN(C(C)(C)C)CC2)c1N. The Bertz CT molecular complexity index is 521. The van der Waals surface area contributed by atoms with Crippen LogP contribution in [-0.4, -0.2) is 57.2 Å². The minimum atomic E-state index is -0.00393. The van der Waals surface area contributed by atoms with Crippen LogP contribution in [0.2, 0.25) is 0 Å². The lowest BCUT2D eigenvalue weighted by molar-refractivity contribution is 0.0444. The summed E-state index contributed by atoms with van der Waals surface area (Å²) >= 11 is 0. The van der Waals surface area contributed by atoms with Crippen molar-refractivity contribution in [2.24, 2.45) is 7.05 Å². The highest BCUT2D eigenvalue weighted by Crippen LogP contribution is 2.21. The van der Waals surface area contributed by atoms with E-state index in [9.17, 15) is 4.79 Å². The van der Waals surface area contributed by atoms with Crippen LogP contribution < -0.4 is 5.73 Å². The molecule has 1 aromatic heterocycles. The number of aromatic nitrogens is 2. The van der Waals surface area contributed by atoms with Gasteiger partial charge in [0.2, 0.25) is 0 Å². The molecular formula is C15H27N5O. The van der Waals surface area contributed by atoms with Crippen molar-refractivity contribution in [3.8, 4) is 0 Å². The Morgan fingerprint density at radius 3 is 2.24 bits per heavy atom. The maximum atomic E-state index is 12.7. The van der Waals surface area contributed by atoms with Gasteiger partial charge >= 0.3 is 0 Å². The van der Waals surface area contributed by atoms with Gasteiger partial charge in [0.25, 0.3) is 5.91 Å². The normalized spacial score (nSPS) is 17.3. The second-order valence-corrected chi connectivity index (χ2v) is 6.64. The number of nitrogens with two attached hydrogens (primary N) is 1. The van der Waals surface area contributed by atoms with Crippen molar-refractivity contribution in [3.05, 3.63) is 11.4 Å². The van der Waals surface area contributed by atoms with E-state index in [-0.39, 0.29) is 11.4 Å². The molecule has 0 bridgehead atoms. The Balaban J connectivity index is 2.11. The molecular weight excluding hydrogens is 266 g/mol. The van der Waals surface area contributed by atoms with Crippen molar-refractivity contribution in [2.75, 3.05) is 31.9 Å². The predicted molar refractivity (Wildman–Crippen MR) is 84.2 cm³/mol. The van der Waals surface area contributed by atoms with Crippen LogP contribution in [0.5, 0.6) is 0 Å². The molecule has 2 heterocycles. The van der Waals surface area contributed by atoms with Crippen molar-refractivity contribution < 1.29 is 4.79 Å². The van der Waals surface area contributed by atoms with Gasteiger partial charge in [-0.2, -0.15) is 5.10 Å². The lowest BCUT2D eigenvalue weighted by atomic mass is 10.0. The van der Waals surface area contributed by atoms with Crippen LogP contribution in [0.1, 0.15) is 43.9 Å². The summed E-state index contributed by atoms with van der Waals surface area (Å²) in [5, 5.41) is 4.33. The van der Waals surface area contributed by atoms with Crippen LogP contribution in [-0.2, 0) is 13.5 Å². The molecule has 1 amide bonds. The molecule has 0 atom stereocenters. The fraction of sp³-hybridized carbons (Fsp3) is 0.733. The molecule has 118 valence electrons. The van der Waals surface area contributed by atoms with Crippen molar-refractivity contribution in [3.63, 3.8) is 0 Å². The van der Waals surface area contributed by atoms with Crippen molar-refractivity contribution in [1.29, 1.82) is 0 Å². The number of carbonyl (C=O) groups is 1. The maximum Gasteiger partial charge on any atom is 0.274 e. The number of carbonyl (C=O) groups excluding carboxylic acids is 1. The number of rotatable bonds is 2. The molecule has 0 unspecified atom stereocenters. The van der Waals surface area contributed by atoms with E-state index in [4.69, 9.17) is 5.73 Å². The molecule has 6 heteroatoms. The lowest BCUT2D eigenvalue weighted by Crippen LogP contribution is -2.54. The van der Waals surface area contributed by atoms with Crippen molar-refractivity contribution >= 4 is 11.6 Å². The summed E-state index contributed by atoms with van der Waals surface area (Å²) in [5.74, 6) is -0.00393. The fourth-order valence-electron chi connectivity index (χ4n) is 2.84. The lowest BCUT2D eigenvalue weighted by Gasteiger charge is -2.42. The number of hydrogen-bond donors (Lipinski definition) is 1. The average molecular weight is 293 g/mol. The fourth-order valence-corrected chi connectivity index (χ4v) is 2.84. The van der Waals surface area contributed by atoms with Crippen LogP contribution in [0.3, 0.4) is 0 Å². The number of piperazine rings is 1. The Hall–Kier alpha value is -1.56. The van der Waals surface area contributed by atoms with E-state index < -0.39 is 0 Å². The Kier molecular flexibility index (Phi) is 4.27. The first kappa shape index (κ1) is 15.8. The van der Waals surface area contributed by atoms with E-state index in [1.165, 1.54) is 0 Å². The summed E-state index contributed by atoms with van der Waals surface area (Å²) in [6.45, 7) is 11.9. The molecule has 1 aliphatic heterocycles. The second-order valence-electron chi connectivity index (χ2n) is 6.64. The van der Waals surface area contributed by atoms with E-state index in [1.807, 2.05) is 11.8 Å². The quantitative estimate of drug-likeness (QED) is 0.887. The maximum absolute atomic E-state index is 12.7. The highest BCUT2D eigenvalue weighted by molar-refractivity contribution is 5.98. The molecule has 2 rings (SSSR count). The molecule has 0 spiro atoms. The molecule has 0 saturated carbocycles. The summed E-state index contributed by atoms with van der Waals surface area (Å²) in [6, 6.07) is 0. The van der Waals surface area contributed by atoms with Gasteiger partial charge in [-0.3, -0.25) is 14.4 Å². The zero-order valence-corrected chi connectivity index (χ0v) is 13.8. The van der Waals surface area contributed by atoms with E-state index in [1.54, 1.807) is 11.7 Å². The van der Waals surface area contributed by atoms with Crippen LogP contribution in [0, 0.1) is 0 Å². The monoisotopic (exact) mass is 293 g/mol. The second kappa shape index (κ2) is 5.67. The smallest absolute Gasteiger partial charge is 0.274 e. The van der Waals surface area contributed by atoms with Gasteiger partial charge in [0, 0.05) is 38.8 Å². The summed E-state index contributed by atoms with van der Waals surface area (Å²) in [7, 11) is 1.79. The van der Waals surface area contributed by atoms with Gasteiger partial charge < -0.3 is 10.6 Å². The molecule has 1 fully saturated rings. The van der Waals surface area contributed by atoms with Crippen LogP contribution in [0.15, 0.2) is 0 Å². The van der Waals surface area contributed by atoms with Crippen LogP contribution in [0.25, 0.3) is 0 Å². The first-order valence-electron chi connectivity index (χ1n) is 7.61. The molecule has 0 aliphatic carbocycles. The molecule has 0 radical (unpaired) electrons. The van der Waals surface area contributed by atoms with Gasteiger partial charge in [0.15, 0.2) is 0 Å². The number of amides is 1. The molecule has 21 heavy (non-hydrogen) atoms. The van der Waals surface area contributed by atoms with Crippen molar-refractivity contribution in [1.82, 2.24) is 19.6 Å². The average Bonchev–Trinajstić information content (AvgIpc) is 2.72. The van der Waals surface area contributed by atoms with E-state index in [0.717, 1.165) is 38.3 Å². The Morgan fingerprint density at radius 1 is 1.24 bits per heavy atom. The van der Waals surface area contributed by atoms with E-state index >= 15 is 0 Å². The number of hydrogen-bond acceptors (Lipinski definition) is 4. The first-order valence-corrected chi connectivity index (χ1v) is 7.61. The third kappa shape index (κ3) is 3.05. The molecule has 1 aliphatic rings. The first-order chi connectivity index (χ1) is 9.75. The third-order valence-corrected chi connectivity index (χ3v) is 4.21. The van der Waals surface area contributed by atoms with Gasteiger partial charge in [0.1, 0.15) is 5.69 Å². The summed E-state index contributed by atoms with van der Waals surface area (Å²) in [6.07, 6.45) is 0.741. The molecule has 1 saturated heterocycles. The van der Waals surface area contributed by atoms with E-state index in [0.29, 0.717) is 11.4 Å². The molecule has 1 aromatic rings. The molecule has 6 nitrogen and oxygen atoms in total. The zero-order valence-electron chi connectivity index (χ0n) is 13.8. The van der Waals surface area contributed by atoms with Crippen LogP contribution in [0.4, 0.5) is 5.69 Å².